The molecule has 0 radical (unpaired) electrons. The second-order valence-electron chi connectivity index (χ2n) is 6.37. The molecular formula is C22H26O5. The molecule has 0 unspecified atom stereocenters. The zero-order valence-corrected chi connectivity index (χ0v) is 16.2. The molecule has 0 saturated carbocycles. The molecular weight excluding hydrogens is 344 g/mol. The van der Waals surface area contributed by atoms with E-state index in [4.69, 9.17) is 18.9 Å². The van der Waals surface area contributed by atoms with Gasteiger partial charge in [-0.2, -0.15) is 0 Å². The summed E-state index contributed by atoms with van der Waals surface area (Å²) in [4.78, 5) is 12.0. The lowest BCUT2D eigenvalue weighted by molar-refractivity contribution is -0.128. The maximum atomic E-state index is 12.0. The molecule has 0 aliphatic heterocycles. The van der Waals surface area contributed by atoms with Crippen molar-refractivity contribution < 1.29 is 23.7 Å². The fourth-order valence-corrected chi connectivity index (χ4v) is 2.27. The van der Waals surface area contributed by atoms with Crippen LogP contribution in [0.5, 0.6) is 23.0 Å². The van der Waals surface area contributed by atoms with Gasteiger partial charge in [0.2, 0.25) is 0 Å². The molecule has 0 bridgehead atoms. The quantitative estimate of drug-likeness (QED) is 0.362. The number of methoxy groups -OCH3 is 2. The van der Waals surface area contributed by atoms with Crippen molar-refractivity contribution in [3.63, 3.8) is 0 Å². The standard InChI is InChI=1S/C22H26O5/c1-16(2)13-14-26-20-11-5-17(15-21(20)25-4)6-12-22(23)27-19-9-7-18(24-3)8-10-19/h5-12,15-16H,13-14H2,1-4H3/b12-6+. The molecule has 0 aliphatic rings. The van der Waals surface area contributed by atoms with Crippen LogP contribution in [0.3, 0.4) is 0 Å². The highest BCUT2D eigenvalue weighted by atomic mass is 16.5. The Morgan fingerprint density at radius 2 is 1.67 bits per heavy atom. The summed E-state index contributed by atoms with van der Waals surface area (Å²) in [6.07, 6.45) is 4.02. The van der Waals surface area contributed by atoms with Gasteiger partial charge in [-0.15, -0.1) is 0 Å². The zero-order valence-electron chi connectivity index (χ0n) is 16.2. The van der Waals surface area contributed by atoms with Crippen molar-refractivity contribution in [3.05, 3.63) is 54.1 Å². The maximum Gasteiger partial charge on any atom is 0.336 e. The molecule has 0 saturated heterocycles. The van der Waals surface area contributed by atoms with Gasteiger partial charge in [0.25, 0.3) is 0 Å². The highest BCUT2D eigenvalue weighted by molar-refractivity contribution is 5.88. The van der Waals surface area contributed by atoms with Crippen LogP contribution in [0.15, 0.2) is 48.5 Å². The van der Waals surface area contributed by atoms with E-state index in [0.29, 0.717) is 35.5 Å². The van der Waals surface area contributed by atoms with Crippen LogP contribution in [0.1, 0.15) is 25.8 Å². The summed E-state index contributed by atoms with van der Waals surface area (Å²) in [6.45, 7) is 4.94. The molecule has 0 aliphatic carbocycles. The Kier molecular flexibility index (Phi) is 7.74. The Morgan fingerprint density at radius 1 is 0.963 bits per heavy atom. The Bertz CT molecular complexity index is 763. The Labute approximate surface area is 160 Å². The molecule has 2 aromatic rings. The highest BCUT2D eigenvalue weighted by Gasteiger charge is 2.06. The number of benzene rings is 2. The molecule has 0 amide bonds. The van der Waals surface area contributed by atoms with Gasteiger partial charge < -0.3 is 18.9 Å². The Morgan fingerprint density at radius 3 is 2.30 bits per heavy atom. The van der Waals surface area contributed by atoms with Crippen molar-refractivity contribution in [1.82, 2.24) is 0 Å². The topological polar surface area (TPSA) is 54.0 Å². The van der Waals surface area contributed by atoms with E-state index < -0.39 is 5.97 Å². The minimum atomic E-state index is -0.462. The molecule has 5 nitrogen and oxygen atoms in total. The first-order valence-electron chi connectivity index (χ1n) is 8.86. The largest absolute Gasteiger partial charge is 0.497 e. The van der Waals surface area contributed by atoms with Crippen LogP contribution in [0.4, 0.5) is 0 Å². The van der Waals surface area contributed by atoms with Gasteiger partial charge in [-0.3, -0.25) is 0 Å². The molecule has 0 atom stereocenters. The van der Waals surface area contributed by atoms with E-state index in [2.05, 4.69) is 13.8 Å². The first kappa shape index (κ1) is 20.4. The average Bonchev–Trinajstić information content (AvgIpc) is 2.67. The molecule has 0 aromatic heterocycles. The zero-order chi connectivity index (χ0) is 19.6. The molecule has 27 heavy (non-hydrogen) atoms. The van der Waals surface area contributed by atoms with Gasteiger partial charge in [0.15, 0.2) is 11.5 Å². The molecule has 0 N–H and O–H groups in total. The lowest BCUT2D eigenvalue weighted by Gasteiger charge is -2.12. The molecule has 144 valence electrons. The molecule has 0 heterocycles. The maximum absolute atomic E-state index is 12.0. The summed E-state index contributed by atoms with van der Waals surface area (Å²) in [7, 11) is 3.18. The smallest absolute Gasteiger partial charge is 0.336 e. The van der Waals surface area contributed by atoms with E-state index >= 15 is 0 Å². The first-order chi connectivity index (χ1) is 13.0. The van der Waals surface area contributed by atoms with E-state index in [1.165, 1.54) is 6.08 Å². The van der Waals surface area contributed by atoms with Crippen molar-refractivity contribution >= 4 is 12.0 Å². The predicted octanol–water partition coefficient (Wildman–Crippen LogP) is 4.75. The number of hydrogen-bond donors (Lipinski definition) is 0. The molecule has 0 fully saturated rings. The predicted molar refractivity (Wildman–Crippen MR) is 106 cm³/mol. The van der Waals surface area contributed by atoms with Crippen LogP contribution in [-0.2, 0) is 4.79 Å². The van der Waals surface area contributed by atoms with Gasteiger partial charge in [-0.05, 0) is 60.4 Å². The summed E-state index contributed by atoms with van der Waals surface area (Å²) >= 11 is 0. The van der Waals surface area contributed by atoms with E-state index in [0.717, 1.165) is 12.0 Å². The molecule has 2 rings (SSSR count). The van der Waals surface area contributed by atoms with Crippen LogP contribution in [0, 0.1) is 5.92 Å². The third kappa shape index (κ3) is 6.70. The van der Waals surface area contributed by atoms with Crippen LogP contribution < -0.4 is 18.9 Å². The SMILES string of the molecule is COc1ccc(OC(=O)/C=C/c2ccc(OCCC(C)C)c(OC)c2)cc1. The lowest BCUT2D eigenvalue weighted by atomic mass is 10.1. The van der Waals surface area contributed by atoms with Crippen molar-refractivity contribution in [2.75, 3.05) is 20.8 Å². The number of hydrogen-bond acceptors (Lipinski definition) is 5. The Balaban J connectivity index is 1.97. The van der Waals surface area contributed by atoms with Crippen LogP contribution in [0.2, 0.25) is 0 Å². The molecule has 2 aromatic carbocycles. The van der Waals surface area contributed by atoms with Crippen LogP contribution >= 0.6 is 0 Å². The van der Waals surface area contributed by atoms with Crippen molar-refractivity contribution in [2.24, 2.45) is 5.92 Å². The third-order valence-electron chi connectivity index (χ3n) is 3.83. The van der Waals surface area contributed by atoms with Crippen LogP contribution in [-0.4, -0.2) is 26.8 Å². The summed E-state index contributed by atoms with van der Waals surface area (Å²) in [5, 5.41) is 0. The van der Waals surface area contributed by atoms with Crippen LogP contribution in [0.25, 0.3) is 6.08 Å². The van der Waals surface area contributed by atoms with Gasteiger partial charge >= 0.3 is 5.97 Å². The Hall–Kier alpha value is -2.95. The number of esters is 1. The summed E-state index contributed by atoms with van der Waals surface area (Å²) in [6, 6.07) is 12.3. The van der Waals surface area contributed by atoms with E-state index in [1.54, 1.807) is 44.6 Å². The third-order valence-corrected chi connectivity index (χ3v) is 3.83. The van der Waals surface area contributed by atoms with E-state index in [-0.39, 0.29) is 0 Å². The van der Waals surface area contributed by atoms with Gasteiger partial charge in [0.1, 0.15) is 11.5 Å². The van der Waals surface area contributed by atoms with Crippen molar-refractivity contribution in [2.45, 2.75) is 20.3 Å². The van der Waals surface area contributed by atoms with Crippen molar-refractivity contribution in [3.8, 4) is 23.0 Å². The van der Waals surface area contributed by atoms with Gasteiger partial charge in [0.05, 0.1) is 20.8 Å². The second kappa shape index (κ2) is 10.3. The number of carbonyl (C=O) groups excluding carboxylic acids is 1. The minimum absolute atomic E-state index is 0.455. The number of carbonyl (C=O) groups is 1. The monoisotopic (exact) mass is 370 g/mol. The van der Waals surface area contributed by atoms with Gasteiger partial charge in [-0.25, -0.2) is 4.79 Å². The second-order valence-corrected chi connectivity index (χ2v) is 6.37. The number of ether oxygens (including phenoxy) is 4. The minimum Gasteiger partial charge on any atom is -0.497 e. The average molecular weight is 370 g/mol. The number of rotatable bonds is 9. The molecule has 0 spiro atoms. The summed E-state index contributed by atoms with van der Waals surface area (Å²) in [5.41, 5.74) is 0.815. The summed E-state index contributed by atoms with van der Waals surface area (Å²) < 4.78 is 21.5. The first-order valence-corrected chi connectivity index (χ1v) is 8.86. The fraction of sp³-hybridized carbons (Fsp3) is 0.318. The fourth-order valence-electron chi connectivity index (χ4n) is 2.27. The van der Waals surface area contributed by atoms with E-state index in [1.807, 2.05) is 18.2 Å². The van der Waals surface area contributed by atoms with E-state index in [9.17, 15) is 4.79 Å². The van der Waals surface area contributed by atoms with Gasteiger partial charge in [-0.1, -0.05) is 19.9 Å². The highest BCUT2D eigenvalue weighted by Crippen LogP contribution is 2.29. The summed E-state index contributed by atoms with van der Waals surface area (Å²) in [5.74, 6) is 2.59. The van der Waals surface area contributed by atoms with Crippen molar-refractivity contribution in [1.29, 1.82) is 0 Å². The molecule has 5 heteroatoms. The lowest BCUT2D eigenvalue weighted by Crippen LogP contribution is -2.04. The normalized spacial score (nSPS) is 10.9. The van der Waals surface area contributed by atoms with Gasteiger partial charge in [0, 0.05) is 6.08 Å².